The second-order valence-electron chi connectivity index (χ2n) is 4.44. The van der Waals surface area contributed by atoms with Crippen molar-refractivity contribution in [2.24, 2.45) is 0 Å². The molecule has 0 aromatic heterocycles. The predicted molar refractivity (Wildman–Crippen MR) is 76.7 cm³/mol. The van der Waals surface area contributed by atoms with E-state index in [0.29, 0.717) is 0 Å². The van der Waals surface area contributed by atoms with Crippen LogP contribution in [0.15, 0.2) is 48.5 Å². The minimum atomic E-state index is -0.576. The van der Waals surface area contributed by atoms with E-state index in [0.717, 1.165) is 0 Å². The molecule has 0 radical (unpaired) electrons. The van der Waals surface area contributed by atoms with E-state index in [9.17, 15) is 9.59 Å². The van der Waals surface area contributed by atoms with Gasteiger partial charge in [0.2, 0.25) is 0 Å². The summed E-state index contributed by atoms with van der Waals surface area (Å²) in [6.45, 7) is 0. The van der Waals surface area contributed by atoms with Gasteiger partial charge in [0.15, 0.2) is 0 Å². The van der Waals surface area contributed by atoms with Crippen LogP contribution in [0, 0.1) is 0 Å². The maximum atomic E-state index is 11.6. The minimum Gasteiger partial charge on any atom is -0.508 e. The molecule has 22 heavy (non-hydrogen) atoms. The van der Waals surface area contributed by atoms with E-state index in [4.69, 9.17) is 19.7 Å². The third-order valence-electron chi connectivity index (χ3n) is 2.67. The molecule has 6 nitrogen and oxygen atoms in total. The van der Waals surface area contributed by atoms with Crippen molar-refractivity contribution in [3.8, 4) is 23.0 Å². The molecule has 6 heteroatoms. The summed E-state index contributed by atoms with van der Waals surface area (Å²) in [6.07, 6.45) is -0.254. The molecule has 0 aliphatic rings. The van der Waals surface area contributed by atoms with Gasteiger partial charge in [0.25, 0.3) is 0 Å². The third-order valence-corrected chi connectivity index (χ3v) is 2.67. The topological polar surface area (TPSA) is 93.1 Å². The molecular weight excluding hydrogens is 288 g/mol. The summed E-state index contributed by atoms with van der Waals surface area (Å²) in [5.74, 6) is -0.444. The first-order valence-electron chi connectivity index (χ1n) is 6.52. The first kappa shape index (κ1) is 15.4. The van der Waals surface area contributed by atoms with Crippen LogP contribution >= 0.6 is 0 Å². The summed E-state index contributed by atoms with van der Waals surface area (Å²) in [6, 6.07) is 11.3. The van der Waals surface area contributed by atoms with Crippen molar-refractivity contribution < 1.29 is 29.3 Å². The smallest absolute Gasteiger partial charge is 0.311 e. The van der Waals surface area contributed by atoms with E-state index in [-0.39, 0.29) is 35.8 Å². The van der Waals surface area contributed by atoms with Gasteiger partial charge in [-0.1, -0.05) is 0 Å². The van der Waals surface area contributed by atoms with Crippen molar-refractivity contribution in [2.75, 3.05) is 0 Å². The molecule has 0 amide bonds. The van der Waals surface area contributed by atoms with Crippen LogP contribution in [0.25, 0.3) is 0 Å². The molecule has 0 saturated carbocycles. The van der Waals surface area contributed by atoms with Gasteiger partial charge in [0.1, 0.15) is 23.0 Å². The lowest BCUT2D eigenvalue weighted by molar-refractivity contribution is -0.140. The van der Waals surface area contributed by atoms with Gasteiger partial charge in [-0.15, -0.1) is 0 Å². The van der Waals surface area contributed by atoms with Gasteiger partial charge in [-0.3, -0.25) is 9.59 Å². The Morgan fingerprint density at radius 2 is 1.00 bits per heavy atom. The summed E-state index contributed by atoms with van der Waals surface area (Å²) < 4.78 is 9.99. The van der Waals surface area contributed by atoms with E-state index in [1.807, 2.05) is 0 Å². The third kappa shape index (κ3) is 4.82. The second kappa shape index (κ2) is 7.12. The molecule has 0 fully saturated rings. The van der Waals surface area contributed by atoms with Crippen molar-refractivity contribution in [1.82, 2.24) is 0 Å². The summed E-state index contributed by atoms with van der Waals surface area (Å²) in [7, 11) is 0. The number of esters is 2. The molecule has 0 unspecified atom stereocenters. The van der Waals surface area contributed by atoms with E-state index >= 15 is 0 Å². The number of aromatic hydroxyl groups is 2. The number of phenols is 2. The molecule has 0 atom stereocenters. The summed E-state index contributed by atoms with van der Waals surface area (Å²) in [5.41, 5.74) is 0. The first-order valence-corrected chi connectivity index (χ1v) is 6.52. The molecule has 2 aromatic carbocycles. The number of carbonyl (C=O) groups excluding carboxylic acids is 2. The monoisotopic (exact) mass is 302 g/mol. The highest BCUT2D eigenvalue weighted by Gasteiger charge is 2.11. The van der Waals surface area contributed by atoms with E-state index in [2.05, 4.69) is 0 Å². The molecule has 2 N–H and O–H groups in total. The average molecular weight is 302 g/mol. The van der Waals surface area contributed by atoms with Crippen molar-refractivity contribution in [3.05, 3.63) is 48.5 Å². The molecule has 2 aromatic rings. The lowest BCUT2D eigenvalue weighted by atomic mass is 10.3. The Kier molecular flexibility index (Phi) is 4.98. The highest BCUT2D eigenvalue weighted by Crippen LogP contribution is 2.18. The first-order chi connectivity index (χ1) is 10.5. The fourth-order valence-corrected chi connectivity index (χ4v) is 1.60. The standard InChI is InChI=1S/C16H14O6/c17-11-1-5-13(6-2-11)21-15(19)9-10-16(20)22-14-7-3-12(18)4-8-14/h1-8,17-18H,9-10H2. The van der Waals surface area contributed by atoms with Crippen LogP contribution < -0.4 is 9.47 Å². The minimum absolute atomic E-state index is 0.0669. The van der Waals surface area contributed by atoms with Crippen LogP contribution in [0.3, 0.4) is 0 Å². The fraction of sp³-hybridized carbons (Fsp3) is 0.125. The van der Waals surface area contributed by atoms with Crippen LogP contribution in [0.2, 0.25) is 0 Å². The number of benzene rings is 2. The van der Waals surface area contributed by atoms with E-state index in [1.54, 1.807) is 0 Å². The van der Waals surface area contributed by atoms with E-state index < -0.39 is 11.9 Å². The van der Waals surface area contributed by atoms with Gasteiger partial charge in [0.05, 0.1) is 12.8 Å². The normalized spacial score (nSPS) is 10.0. The molecule has 0 heterocycles. The lowest BCUT2D eigenvalue weighted by Gasteiger charge is -2.05. The second-order valence-corrected chi connectivity index (χ2v) is 4.44. The zero-order chi connectivity index (χ0) is 15.9. The van der Waals surface area contributed by atoms with Gasteiger partial charge in [0, 0.05) is 0 Å². The molecule has 0 aliphatic carbocycles. The SMILES string of the molecule is O=C(CCC(=O)Oc1ccc(O)cc1)Oc1ccc(O)cc1. The number of rotatable bonds is 5. The van der Waals surface area contributed by atoms with E-state index in [1.165, 1.54) is 48.5 Å². The number of carbonyl (C=O) groups is 2. The molecular formula is C16H14O6. The van der Waals surface area contributed by atoms with Crippen molar-refractivity contribution in [3.63, 3.8) is 0 Å². The van der Waals surface area contributed by atoms with Crippen LogP contribution in [0.5, 0.6) is 23.0 Å². The Labute approximate surface area is 126 Å². The average Bonchev–Trinajstić information content (AvgIpc) is 2.50. The predicted octanol–water partition coefficient (Wildman–Crippen LogP) is 2.39. The molecule has 2 rings (SSSR count). The van der Waals surface area contributed by atoms with Gasteiger partial charge in [-0.05, 0) is 48.5 Å². The largest absolute Gasteiger partial charge is 0.508 e. The molecule has 0 saturated heterocycles. The molecule has 0 aliphatic heterocycles. The Bertz CT molecular complexity index is 586. The number of hydrogen-bond donors (Lipinski definition) is 2. The zero-order valence-corrected chi connectivity index (χ0v) is 11.6. The number of phenolic OH excluding ortho intramolecular Hbond substituents is 2. The summed E-state index contributed by atoms with van der Waals surface area (Å²) >= 11 is 0. The number of ether oxygens (including phenoxy) is 2. The maximum Gasteiger partial charge on any atom is 0.311 e. The molecule has 114 valence electrons. The van der Waals surface area contributed by atoms with Crippen molar-refractivity contribution in [2.45, 2.75) is 12.8 Å². The van der Waals surface area contributed by atoms with Gasteiger partial charge in [-0.2, -0.15) is 0 Å². The van der Waals surface area contributed by atoms with Crippen LogP contribution in [-0.2, 0) is 9.59 Å². The van der Waals surface area contributed by atoms with Gasteiger partial charge >= 0.3 is 11.9 Å². The van der Waals surface area contributed by atoms with Crippen molar-refractivity contribution in [1.29, 1.82) is 0 Å². The molecule has 0 bridgehead atoms. The van der Waals surface area contributed by atoms with Crippen LogP contribution in [0.1, 0.15) is 12.8 Å². The Morgan fingerprint density at radius 3 is 1.32 bits per heavy atom. The van der Waals surface area contributed by atoms with Gasteiger partial charge < -0.3 is 19.7 Å². The zero-order valence-electron chi connectivity index (χ0n) is 11.6. The Balaban J connectivity index is 1.76. The molecule has 0 spiro atoms. The Hall–Kier alpha value is -3.02. The summed E-state index contributed by atoms with van der Waals surface area (Å²) in [5, 5.41) is 18.2. The lowest BCUT2D eigenvalue weighted by Crippen LogP contribution is -2.14. The summed E-state index contributed by atoms with van der Waals surface area (Å²) in [4.78, 5) is 23.1. The number of hydrogen-bond acceptors (Lipinski definition) is 6. The highest BCUT2D eigenvalue weighted by molar-refractivity contribution is 5.80. The quantitative estimate of drug-likeness (QED) is 0.650. The highest BCUT2D eigenvalue weighted by atomic mass is 16.5. The van der Waals surface area contributed by atoms with Crippen LogP contribution in [0.4, 0.5) is 0 Å². The Morgan fingerprint density at radius 1 is 0.682 bits per heavy atom. The van der Waals surface area contributed by atoms with Crippen molar-refractivity contribution >= 4 is 11.9 Å². The van der Waals surface area contributed by atoms with Crippen LogP contribution in [-0.4, -0.2) is 22.2 Å². The van der Waals surface area contributed by atoms with Gasteiger partial charge in [-0.25, -0.2) is 0 Å². The maximum absolute atomic E-state index is 11.6. The fourth-order valence-electron chi connectivity index (χ4n) is 1.60.